The van der Waals surface area contributed by atoms with Crippen LogP contribution in [0.3, 0.4) is 0 Å². The molecule has 0 aliphatic heterocycles. The molecule has 1 aliphatic carbocycles. The van der Waals surface area contributed by atoms with Crippen LogP contribution in [-0.4, -0.2) is 28.0 Å². The van der Waals surface area contributed by atoms with Gasteiger partial charge in [-0.15, -0.1) is 10.2 Å². The molecule has 1 aromatic carbocycles. The second-order valence-corrected chi connectivity index (χ2v) is 9.54. The van der Waals surface area contributed by atoms with E-state index in [1.165, 1.54) is 37.0 Å². The highest BCUT2D eigenvalue weighted by Gasteiger charge is 2.19. The van der Waals surface area contributed by atoms with Crippen molar-refractivity contribution in [2.24, 2.45) is 0 Å². The van der Waals surface area contributed by atoms with Crippen molar-refractivity contribution in [1.82, 2.24) is 10.2 Å². The molecule has 1 fully saturated rings. The summed E-state index contributed by atoms with van der Waals surface area (Å²) in [6.07, 6.45) is 5.08. The fraction of sp³-hybridized carbons (Fsp3) is 0.471. The maximum Gasteiger partial charge on any atom is 0.264 e. The molecule has 25 heavy (non-hydrogen) atoms. The standard InChI is InChI=1S/C17H20BrN3O2S2/c1-10-7-12(18)8-11(2)15(10)23-9-14(22)19-16-20-21-17(25-16)24-13-5-3-4-6-13/h7-8,13H,3-6,9H2,1-2H3,(H,19,20,22). The van der Waals surface area contributed by atoms with Gasteiger partial charge in [0.1, 0.15) is 5.75 Å². The summed E-state index contributed by atoms with van der Waals surface area (Å²) in [5, 5.41) is 12.1. The summed E-state index contributed by atoms with van der Waals surface area (Å²) in [5.41, 5.74) is 1.98. The van der Waals surface area contributed by atoms with Crippen LogP contribution in [-0.2, 0) is 4.79 Å². The molecule has 5 nitrogen and oxygen atoms in total. The first-order valence-electron chi connectivity index (χ1n) is 8.21. The van der Waals surface area contributed by atoms with E-state index >= 15 is 0 Å². The molecule has 0 unspecified atom stereocenters. The number of carbonyl (C=O) groups excluding carboxylic acids is 1. The predicted molar refractivity (Wildman–Crippen MR) is 106 cm³/mol. The largest absolute Gasteiger partial charge is 0.483 e. The summed E-state index contributed by atoms with van der Waals surface area (Å²) in [7, 11) is 0. The topological polar surface area (TPSA) is 64.1 Å². The van der Waals surface area contributed by atoms with Gasteiger partial charge < -0.3 is 4.74 Å². The monoisotopic (exact) mass is 441 g/mol. The van der Waals surface area contributed by atoms with E-state index < -0.39 is 0 Å². The molecule has 3 rings (SSSR count). The van der Waals surface area contributed by atoms with Crippen LogP contribution in [0.5, 0.6) is 5.75 Å². The van der Waals surface area contributed by atoms with Crippen molar-refractivity contribution in [3.8, 4) is 5.75 Å². The molecular weight excluding hydrogens is 422 g/mol. The van der Waals surface area contributed by atoms with Crippen molar-refractivity contribution < 1.29 is 9.53 Å². The molecule has 0 radical (unpaired) electrons. The van der Waals surface area contributed by atoms with Crippen molar-refractivity contribution in [3.05, 3.63) is 27.7 Å². The molecule has 1 saturated carbocycles. The molecule has 134 valence electrons. The first-order chi connectivity index (χ1) is 12.0. The van der Waals surface area contributed by atoms with E-state index in [0.717, 1.165) is 25.7 Å². The average molecular weight is 442 g/mol. The number of hydrogen-bond acceptors (Lipinski definition) is 6. The Morgan fingerprint density at radius 1 is 1.32 bits per heavy atom. The number of anilines is 1. The van der Waals surface area contributed by atoms with Gasteiger partial charge in [0.15, 0.2) is 10.9 Å². The number of halogens is 1. The van der Waals surface area contributed by atoms with Crippen molar-refractivity contribution >= 4 is 50.1 Å². The SMILES string of the molecule is Cc1cc(Br)cc(C)c1OCC(=O)Nc1nnc(SC2CCCC2)s1. The molecule has 2 aromatic rings. The van der Waals surface area contributed by atoms with E-state index in [1.807, 2.05) is 26.0 Å². The number of hydrogen-bond donors (Lipinski definition) is 1. The van der Waals surface area contributed by atoms with Crippen LogP contribution >= 0.6 is 39.0 Å². The van der Waals surface area contributed by atoms with Crippen LogP contribution in [0.2, 0.25) is 0 Å². The quantitative estimate of drug-likeness (QED) is 0.640. The van der Waals surface area contributed by atoms with Gasteiger partial charge in [0.05, 0.1) is 0 Å². The zero-order valence-electron chi connectivity index (χ0n) is 14.2. The number of ether oxygens (including phenoxy) is 1. The number of thioether (sulfide) groups is 1. The third-order valence-electron chi connectivity index (χ3n) is 4.00. The Kier molecular flexibility index (Phi) is 6.35. The number of aryl methyl sites for hydroxylation is 2. The number of nitrogens with one attached hydrogen (secondary N) is 1. The fourth-order valence-corrected chi connectivity index (χ4v) is 5.83. The van der Waals surface area contributed by atoms with Crippen molar-refractivity contribution in [3.63, 3.8) is 0 Å². The number of carbonyl (C=O) groups is 1. The summed E-state index contributed by atoms with van der Waals surface area (Å²) in [6, 6.07) is 3.94. The summed E-state index contributed by atoms with van der Waals surface area (Å²) >= 11 is 6.65. The summed E-state index contributed by atoms with van der Waals surface area (Å²) in [4.78, 5) is 12.1. The molecule has 0 atom stereocenters. The lowest BCUT2D eigenvalue weighted by molar-refractivity contribution is -0.118. The Hall–Kier alpha value is -1.12. The summed E-state index contributed by atoms with van der Waals surface area (Å²) < 4.78 is 7.61. The lowest BCUT2D eigenvalue weighted by Gasteiger charge is -2.12. The van der Waals surface area contributed by atoms with Gasteiger partial charge in [0, 0.05) is 9.72 Å². The van der Waals surface area contributed by atoms with E-state index in [0.29, 0.717) is 10.4 Å². The molecule has 0 spiro atoms. The van der Waals surface area contributed by atoms with Gasteiger partial charge in [0.25, 0.3) is 5.91 Å². The van der Waals surface area contributed by atoms with Crippen molar-refractivity contribution in [1.29, 1.82) is 0 Å². The van der Waals surface area contributed by atoms with Gasteiger partial charge >= 0.3 is 0 Å². The van der Waals surface area contributed by atoms with E-state index in [1.54, 1.807) is 11.8 Å². The van der Waals surface area contributed by atoms with Crippen LogP contribution in [0, 0.1) is 13.8 Å². The van der Waals surface area contributed by atoms with Crippen LogP contribution in [0.4, 0.5) is 5.13 Å². The minimum Gasteiger partial charge on any atom is -0.483 e. The van der Waals surface area contributed by atoms with E-state index in [4.69, 9.17) is 4.74 Å². The van der Waals surface area contributed by atoms with Crippen LogP contribution in [0.15, 0.2) is 20.9 Å². The maximum atomic E-state index is 12.1. The Bertz CT molecular complexity index is 737. The Labute approximate surface area is 164 Å². The Balaban J connectivity index is 1.52. The zero-order chi connectivity index (χ0) is 17.8. The third-order valence-corrected chi connectivity index (χ3v) is 6.71. The normalized spacial score (nSPS) is 14.7. The Morgan fingerprint density at radius 2 is 2.00 bits per heavy atom. The van der Waals surface area contributed by atoms with Crippen LogP contribution in [0.25, 0.3) is 0 Å². The molecule has 1 aliphatic rings. The van der Waals surface area contributed by atoms with Crippen molar-refractivity contribution in [2.75, 3.05) is 11.9 Å². The number of rotatable bonds is 6. The zero-order valence-corrected chi connectivity index (χ0v) is 17.4. The number of benzene rings is 1. The first-order valence-corrected chi connectivity index (χ1v) is 10.7. The highest BCUT2D eigenvalue weighted by molar-refractivity contribution is 9.10. The van der Waals surface area contributed by atoms with Gasteiger partial charge in [-0.1, -0.05) is 51.9 Å². The van der Waals surface area contributed by atoms with E-state index in [-0.39, 0.29) is 12.5 Å². The second kappa shape index (κ2) is 8.51. The number of aromatic nitrogens is 2. The van der Waals surface area contributed by atoms with Gasteiger partial charge in [-0.25, -0.2) is 0 Å². The molecule has 1 heterocycles. The maximum absolute atomic E-state index is 12.1. The Morgan fingerprint density at radius 3 is 2.68 bits per heavy atom. The molecule has 1 amide bonds. The molecular formula is C17H20BrN3O2S2. The second-order valence-electron chi connectivity index (χ2n) is 6.10. The van der Waals surface area contributed by atoms with Gasteiger partial charge in [-0.05, 0) is 49.9 Å². The van der Waals surface area contributed by atoms with Crippen LogP contribution in [0.1, 0.15) is 36.8 Å². The highest BCUT2D eigenvalue weighted by atomic mass is 79.9. The highest BCUT2D eigenvalue weighted by Crippen LogP contribution is 2.36. The fourth-order valence-electron chi connectivity index (χ4n) is 2.87. The van der Waals surface area contributed by atoms with Gasteiger partial charge in [-0.2, -0.15) is 0 Å². The molecule has 0 saturated heterocycles. The smallest absolute Gasteiger partial charge is 0.264 e. The van der Waals surface area contributed by atoms with Gasteiger partial charge in [0.2, 0.25) is 5.13 Å². The molecule has 1 aromatic heterocycles. The molecule has 1 N–H and O–H groups in total. The first kappa shape index (κ1) is 18.7. The molecule has 8 heteroatoms. The third kappa shape index (κ3) is 5.18. The number of nitrogens with zero attached hydrogens (tertiary/aromatic N) is 2. The van der Waals surface area contributed by atoms with E-state index in [2.05, 4.69) is 31.4 Å². The minimum absolute atomic E-state index is 0.0476. The lowest BCUT2D eigenvalue weighted by Crippen LogP contribution is -2.20. The van der Waals surface area contributed by atoms with Crippen molar-refractivity contribution in [2.45, 2.75) is 49.1 Å². The minimum atomic E-state index is -0.227. The molecule has 0 bridgehead atoms. The van der Waals surface area contributed by atoms with Gasteiger partial charge in [-0.3, -0.25) is 10.1 Å². The van der Waals surface area contributed by atoms with E-state index in [9.17, 15) is 4.79 Å². The predicted octanol–water partition coefficient (Wildman–Crippen LogP) is 4.97. The summed E-state index contributed by atoms with van der Waals surface area (Å²) in [5.74, 6) is 0.517. The summed E-state index contributed by atoms with van der Waals surface area (Å²) in [6.45, 7) is 3.87. The lowest BCUT2D eigenvalue weighted by atomic mass is 10.1. The number of amides is 1. The van der Waals surface area contributed by atoms with Crippen LogP contribution < -0.4 is 10.1 Å². The average Bonchev–Trinajstić information content (AvgIpc) is 3.19.